The van der Waals surface area contributed by atoms with Crippen LogP contribution in [0.15, 0.2) is 102 Å². The van der Waals surface area contributed by atoms with E-state index in [1.54, 1.807) is 31.2 Å². The first-order valence-corrected chi connectivity index (χ1v) is 20.2. The van der Waals surface area contributed by atoms with Gasteiger partial charge in [0.25, 0.3) is 5.56 Å². The van der Waals surface area contributed by atoms with E-state index in [1.165, 1.54) is 10.7 Å². The third-order valence-corrected chi connectivity index (χ3v) is 15.0. The van der Waals surface area contributed by atoms with Gasteiger partial charge in [0.1, 0.15) is 41.1 Å². The molecule has 0 saturated carbocycles. The maximum absolute atomic E-state index is 13.3. The zero-order valence-electron chi connectivity index (χ0n) is 30.4. The predicted octanol–water partition coefficient (Wildman–Crippen LogP) is 6.05. The zero-order chi connectivity index (χ0) is 36.8. The van der Waals surface area contributed by atoms with E-state index in [0.717, 1.165) is 16.7 Å². The van der Waals surface area contributed by atoms with Gasteiger partial charge in [-0.3, -0.25) is 9.36 Å². The molecule has 3 aromatic heterocycles. The number of fused-ring (bicyclic) bond motifs is 2. The summed E-state index contributed by atoms with van der Waals surface area (Å²) in [6, 6.07) is 25.7. The molecule has 0 aliphatic carbocycles. The fourth-order valence-electron chi connectivity index (χ4n) is 6.64. The normalized spacial score (nSPS) is 19.8. The van der Waals surface area contributed by atoms with Crippen LogP contribution in [0.3, 0.4) is 0 Å². The van der Waals surface area contributed by atoms with Gasteiger partial charge in [0, 0.05) is 12.4 Å². The second-order valence-corrected chi connectivity index (χ2v) is 19.4. The van der Waals surface area contributed by atoms with E-state index in [-0.39, 0.29) is 22.7 Å². The van der Waals surface area contributed by atoms with Crippen LogP contribution in [-0.2, 0) is 19.5 Å². The van der Waals surface area contributed by atoms with Crippen molar-refractivity contribution in [3.05, 3.63) is 125 Å². The number of H-pyrrole nitrogens is 1. The smallest absolute Gasteiger partial charge is 0.287 e. The number of nitrogens with zero attached hydrogens (tertiary/aromatic N) is 4. The van der Waals surface area contributed by atoms with Crippen molar-refractivity contribution in [1.29, 1.82) is 0 Å². The topological polar surface area (TPSA) is 134 Å². The van der Waals surface area contributed by atoms with Gasteiger partial charge >= 0.3 is 0 Å². The maximum Gasteiger partial charge on any atom is 0.287 e. The van der Waals surface area contributed by atoms with E-state index in [2.05, 4.69) is 48.8 Å². The highest BCUT2D eigenvalue weighted by Gasteiger charge is 2.52. The first-order chi connectivity index (χ1) is 24.9. The number of benzene rings is 3. The lowest BCUT2D eigenvalue weighted by Gasteiger charge is -2.41. The first kappa shape index (κ1) is 35.6. The molecule has 0 radical (unpaired) electrons. The summed E-state index contributed by atoms with van der Waals surface area (Å²) in [4.78, 5) is 25.1. The Labute approximate surface area is 303 Å². The Balaban J connectivity index is 1.33. The monoisotopic (exact) mass is 723 g/mol. The average molecular weight is 724 g/mol. The molecule has 7 rings (SSSR count). The number of rotatable bonds is 11. The fourth-order valence-corrected chi connectivity index (χ4v) is 7.97. The van der Waals surface area contributed by atoms with Crippen LogP contribution in [0, 0.1) is 0 Å². The highest BCUT2D eigenvalue weighted by molar-refractivity contribution is 6.74. The van der Waals surface area contributed by atoms with E-state index in [4.69, 9.17) is 23.4 Å². The Bertz CT molecular complexity index is 2160. The molecule has 0 bridgehead atoms. The van der Waals surface area contributed by atoms with Crippen LogP contribution in [0.5, 0.6) is 11.5 Å². The lowest BCUT2D eigenvalue weighted by atomic mass is 9.80. The Morgan fingerprint density at radius 3 is 2.06 bits per heavy atom. The van der Waals surface area contributed by atoms with Gasteiger partial charge in [-0.05, 0) is 59.1 Å². The lowest BCUT2D eigenvalue weighted by molar-refractivity contribution is -0.0930. The van der Waals surface area contributed by atoms with Gasteiger partial charge in [0.15, 0.2) is 20.1 Å². The summed E-state index contributed by atoms with van der Waals surface area (Å²) in [6.07, 6.45) is 1.04. The number of aliphatic hydroxyl groups excluding tert-OH is 1. The first-order valence-electron chi connectivity index (χ1n) is 17.3. The molecule has 3 aromatic carbocycles. The highest BCUT2D eigenvalue weighted by Crippen LogP contribution is 2.45. The molecular formula is C39H45N5O7Si. The van der Waals surface area contributed by atoms with Gasteiger partial charge in [-0.15, -0.1) is 0 Å². The Kier molecular flexibility index (Phi) is 9.34. The van der Waals surface area contributed by atoms with Crippen LogP contribution >= 0.6 is 0 Å². The van der Waals surface area contributed by atoms with Crippen LogP contribution in [-0.4, -0.2) is 76.5 Å². The molecule has 1 aliphatic rings. The molecule has 52 heavy (non-hydrogen) atoms. The summed E-state index contributed by atoms with van der Waals surface area (Å²) in [5.41, 5.74) is 1.76. The quantitative estimate of drug-likeness (QED) is 0.121. The van der Waals surface area contributed by atoms with Gasteiger partial charge in [-0.1, -0.05) is 75.4 Å². The summed E-state index contributed by atoms with van der Waals surface area (Å²) in [7, 11) is 0.809. The van der Waals surface area contributed by atoms with Crippen molar-refractivity contribution >= 4 is 25.3 Å². The number of hydrogen-bond donors (Lipinski definition) is 2. The third-order valence-electron chi connectivity index (χ3n) is 10.5. The summed E-state index contributed by atoms with van der Waals surface area (Å²) >= 11 is 0. The van der Waals surface area contributed by atoms with Crippen molar-refractivity contribution in [2.24, 2.45) is 0 Å². The number of methoxy groups -OCH3 is 2. The molecule has 0 spiro atoms. The second kappa shape index (κ2) is 13.6. The number of aromatic amines is 1. The molecule has 1 fully saturated rings. The lowest BCUT2D eigenvalue weighted by Crippen LogP contribution is -2.50. The minimum absolute atomic E-state index is 0.0352. The molecule has 4 atom stereocenters. The largest absolute Gasteiger partial charge is 0.497 e. The fraction of sp³-hybridized carbons (Fsp3) is 0.359. The van der Waals surface area contributed by atoms with Crippen LogP contribution in [0.25, 0.3) is 16.9 Å². The highest BCUT2D eigenvalue weighted by atomic mass is 28.4. The Hall–Kier alpha value is -4.79. The third kappa shape index (κ3) is 6.11. The summed E-state index contributed by atoms with van der Waals surface area (Å²) in [5.74, 6) is 1.78. The molecule has 2 N–H and O–H groups in total. The molecular weight excluding hydrogens is 679 g/mol. The van der Waals surface area contributed by atoms with Crippen LogP contribution in [0.1, 0.15) is 43.7 Å². The summed E-state index contributed by atoms with van der Waals surface area (Å²) in [5, 5.41) is 12.0. The molecule has 272 valence electrons. The zero-order valence-corrected chi connectivity index (χ0v) is 31.4. The number of ether oxygens (including phenoxy) is 4. The van der Waals surface area contributed by atoms with E-state index in [1.807, 2.05) is 78.9 Å². The number of aromatic nitrogens is 5. The maximum atomic E-state index is 13.3. The van der Waals surface area contributed by atoms with Crippen molar-refractivity contribution in [2.45, 2.75) is 69.0 Å². The van der Waals surface area contributed by atoms with Gasteiger partial charge in [-0.2, -0.15) is 0 Å². The molecule has 1 aliphatic heterocycles. The molecule has 4 heterocycles. The Morgan fingerprint density at radius 1 is 0.885 bits per heavy atom. The predicted molar refractivity (Wildman–Crippen MR) is 199 cm³/mol. The standard InChI is InChI=1S/C39H45N5O7Si/c1-38(2,3)52(6,7)51-33-30(50-36(32(33)45)44-24-41-31-34(44)42-37-40-21-22-43(37)35(31)46)23-49-39(25-11-9-8-10-12-25,26-13-17-28(47-4)18-14-26)27-15-19-29(48-5)20-16-27/h8-22,24,30,32-33,36,45H,23H2,1-7H3,(H,40,42)/t30-,32-,33-,36-/m1/s1. The van der Waals surface area contributed by atoms with Crippen LogP contribution in [0.2, 0.25) is 18.1 Å². The number of hydrogen-bond acceptors (Lipinski definition) is 9. The van der Waals surface area contributed by atoms with Crippen molar-refractivity contribution in [2.75, 3.05) is 20.8 Å². The summed E-state index contributed by atoms with van der Waals surface area (Å²) in [6.45, 7) is 10.8. The van der Waals surface area contributed by atoms with Gasteiger partial charge in [0.2, 0.25) is 5.78 Å². The van der Waals surface area contributed by atoms with Crippen molar-refractivity contribution in [3.63, 3.8) is 0 Å². The van der Waals surface area contributed by atoms with Crippen molar-refractivity contribution < 1.29 is 28.5 Å². The van der Waals surface area contributed by atoms with Gasteiger partial charge in [0.05, 0.1) is 27.2 Å². The van der Waals surface area contributed by atoms with E-state index in [0.29, 0.717) is 22.9 Å². The van der Waals surface area contributed by atoms with Crippen molar-refractivity contribution in [3.8, 4) is 11.5 Å². The minimum atomic E-state index is -2.46. The number of aliphatic hydroxyl groups is 1. The molecule has 13 heteroatoms. The van der Waals surface area contributed by atoms with E-state index in [9.17, 15) is 9.90 Å². The molecule has 0 unspecified atom stereocenters. The number of imidazole rings is 2. The van der Waals surface area contributed by atoms with Crippen LogP contribution in [0.4, 0.5) is 0 Å². The van der Waals surface area contributed by atoms with Gasteiger partial charge in [-0.25, -0.2) is 14.4 Å². The molecule has 0 amide bonds. The SMILES string of the molecule is COc1ccc(C(OC[C@H]2O[C@@H](n3cnc4c(=O)n5ccnc5[nH]c43)[C@H](O)[C@@H]2O[Si](C)(C)C(C)(C)C)(c2ccccc2)c2ccc(OC)cc2)cc1. The van der Waals surface area contributed by atoms with E-state index < -0.39 is 38.5 Å². The molecule has 1 saturated heterocycles. The number of nitrogens with one attached hydrogen (secondary N) is 1. The second-order valence-electron chi connectivity index (χ2n) is 14.6. The van der Waals surface area contributed by atoms with Gasteiger partial charge < -0.3 is 33.5 Å². The van der Waals surface area contributed by atoms with E-state index >= 15 is 0 Å². The molecule has 6 aromatic rings. The average Bonchev–Trinajstić information content (AvgIpc) is 3.87. The Morgan fingerprint density at radius 2 is 1.48 bits per heavy atom. The minimum Gasteiger partial charge on any atom is -0.497 e. The van der Waals surface area contributed by atoms with Crippen molar-refractivity contribution in [1.82, 2.24) is 23.9 Å². The molecule has 12 nitrogen and oxygen atoms in total. The summed E-state index contributed by atoms with van der Waals surface area (Å²) < 4.78 is 35.1. The van der Waals surface area contributed by atoms with Crippen LogP contribution < -0.4 is 15.0 Å².